The number of methoxy groups -OCH3 is 2. The highest BCUT2D eigenvalue weighted by atomic mass is 32.1. The topological polar surface area (TPSA) is 97.6 Å². The zero-order valence-corrected chi connectivity index (χ0v) is 23.4. The SMILES string of the molecule is CCOC(=O)C1=C(c2ccccc2)N=c2s/c(=C/c3ccc(OC)c(OC)c3)c(=O)n2[C@@H]1c1ccc2c(c1)OCO2. The second-order valence-corrected chi connectivity index (χ2v) is 10.2. The molecule has 4 aromatic rings. The molecular formula is C31H26N2O7S. The van der Waals surface area contributed by atoms with Crippen LogP contribution in [0.15, 0.2) is 82.1 Å². The van der Waals surface area contributed by atoms with Crippen LogP contribution < -0.4 is 33.8 Å². The van der Waals surface area contributed by atoms with Crippen LogP contribution in [0.3, 0.4) is 0 Å². The van der Waals surface area contributed by atoms with Crippen LogP contribution >= 0.6 is 11.3 Å². The van der Waals surface area contributed by atoms with Crippen molar-refractivity contribution in [3.63, 3.8) is 0 Å². The molecule has 2 aliphatic rings. The van der Waals surface area contributed by atoms with E-state index in [9.17, 15) is 9.59 Å². The van der Waals surface area contributed by atoms with Crippen LogP contribution in [0, 0.1) is 0 Å². The highest BCUT2D eigenvalue weighted by molar-refractivity contribution is 7.07. The van der Waals surface area contributed by atoms with Gasteiger partial charge in [-0.1, -0.05) is 53.8 Å². The Kier molecular flexibility index (Phi) is 7.07. The normalized spacial score (nSPS) is 15.8. The van der Waals surface area contributed by atoms with Crippen molar-refractivity contribution in [2.45, 2.75) is 13.0 Å². The fourth-order valence-electron chi connectivity index (χ4n) is 4.93. The Balaban J connectivity index is 1.62. The molecule has 10 heteroatoms. The minimum atomic E-state index is -0.817. The number of aromatic nitrogens is 1. The van der Waals surface area contributed by atoms with Gasteiger partial charge in [0.2, 0.25) is 6.79 Å². The van der Waals surface area contributed by atoms with Crippen molar-refractivity contribution in [1.82, 2.24) is 4.57 Å². The fraction of sp³-hybridized carbons (Fsp3) is 0.194. The number of carbonyl (C=O) groups excluding carboxylic acids is 1. The lowest BCUT2D eigenvalue weighted by molar-refractivity contribution is -0.138. The van der Waals surface area contributed by atoms with E-state index in [4.69, 9.17) is 28.7 Å². The van der Waals surface area contributed by atoms with Gasteiger partial charge in [-0.15, -0.1) is 0 Å². The molecule has 0 aliphatic carbocycles. The van der Waals surface area contributed by atoms with E-state index in [1.54, 1.807) is 56.1 Å². The van der Waals surface area contributed by atoms with Crippen molar-refractivity contribution in [1.29, 1.82) is 0 Å². The largest absolute Gasteiger partial charge is 0.493 e. The van der Waals surface area contributed by atoms with Crippen molar-refractivity contribution in [2.75, 3.05) is 27.6 Å². The molecule has 0 fully saturated rings. The number of esters is 1. The molecule has 0 saturated heterocycles. The first kappa shape index (κ1) is 26.4. The number of benzene rings is 3. The lowest BCUT2D eigenvalue weighted by Crippen LogP contribution is -2.40. The van der Waals surface area contributed by atoms with Gasteiger partial charge in [-0.2, -0.15) is 0 Å². The van der Waals surface area contributed by atoms with Gasteiger partial charge < -0.3 is 23.7 Å². The summed E-state index contributed by atoms with van der Waals surface area (Å²) in [6, 6.07) is 19.4. The molecule has 0 radical (unpaired) electrons. The van der Waals surface area contributed by atoms with Crippen molar-refractivity contribution >= 4 is 29.1 Å². The number of thiazole rings is 1. The Morgan fingerprint density at radius 3 is 2.56 bits per heavy atom. The standard InChI is InChI=1S/C31H26N2O7S/c1-4-38-30(35)26-27(19-8-6-5-7-9-19)32-31-33(28(26)20-11-13-22-24(16-20)40-17-39-22)29(34)25(41-31)15-18-10-12-21(36-2)23(14-18)37-3/h5-16,28H,4,17H2,1-3H3/b25-15+/t28-/m1/s1. The first-order valence-corrected chi connectivity index (χ1v) is 13.7. The molecule has 41 heavy (non-hydrogen) atoms. The Bertz CT molecular complexity index is 1860. The molecule has 2 aliphatic heterocycles. The summed E-state index contributed by atoms with van der Waals surface area (Å²) < 4.78 is 29.5. The van der Waals surface area contributed by atoms with Gasteiger partial charge >= 0.3 is 5.97 Å². The molecule has 9 nitrogen and oxygen atoms in total. The van der Waals surface area contributed by atoms with E-state index in [2.05, 4.69) is 0 Å². The highest BCUT2D eigenvalue weighted by Crippen LogP contribution is 2.40. The summed E-state index contributed by atoms with van der Waals surface area (Å²) in [5, 5.41) is 0. The number of nitrogens with zero attached hydrogens (tertiary/aromatic N) is 2. The quantitative estimate of drug-likeness (QED) is 0.313. The lowest BCUT2D eigenvalue weighted by atomic mass is 9.93. The number of rotatable bonds is 7. The van der Waals surface area contributed by atoms with Crippen LogP contribution in [0.5, 0.6) is 23.0 Å². The van der Waals surface area contributed by atoms with Gasteiger partial charge in [-0.05, 0) is 48.4 Å². The average Bonchev–Trinajstić information content (AvgIpc) is 3.60. The van der Waals surface area contributed by atoms with E-state index in [0.29, 0.717) is 43.6 Å². The number of fused-ring (bicyclic) bond motifs is 2. The summed E-state index contributed by atoms with van der Waals surface area (Å²) in [5.74, 6) is 1.71. The summed E-state index contributed by atoms with van der Waals surface area (Å²) in [5.41, 5.74) is 2.58. The minimum Gasteiger partial charge on any atom is -0.493 e. The predicted octanol–water partition coefficient (Wildman–Crippen LogP) is 3.68. The third kappa shape index (κ3) is 4.76. The number of hydrogen-bond donors (Lipinski definition) is 0. The van der Waals surface area contributed by atoms with Crippen molar-refractivity contribution in [3.05, 3.63) is 109 Å². The third-order valence-corrected chi connectivity index (χ3v) is 7.77. The minimum absolute atomic E-state index is 0.0999. The average molecular weight is 571 g/mol. The Morgan fingerprint density at radius 1 is 1.02 bits per heavy atom. The first-order valence-electron chi connectivity index (χ1n) is 12.9. The Hall–Kier alpha value is -4.83. The van der Waals surface area contributed by atoms with Crippen molar-refractivity contribution < 1.29 is 28.5 Å². The maximum Gasteiger partial charge on any atom is 0.338 e. The zero-order valence-electron chi connectivity index (χ0n) is 22.6. The van der Waals surface area contributed by atoms with Crippen LogP contribution in [0.2, 0.25) is 0 Å². The molecule has 0 bridgehead atoms. The van der Waals surface area contributed by atoms with Crippen LogP contribution in [0.4, 0.5) is 0 Å². The van der Waals surface area contributed by atoms with Crippen LogP contribution in [0.1, 0.15) is 29.7 Å². The van der Waals surface area contributed by atoms with Gasteiger partial charge in [0.15, 0.2) is 27.8 Å². The zero-order chi connectivity index (χ0) is 28.5. The first-order chi connectivity index (χ1) is 20.0. The van der Waals surface area contributed by atoms with Crippen LogP contribution in [-0.4, -0.2) is 38.2 Å². The Morgan fingerprint density at radius 2 is 1.80 bits per heavy atom. The van der Waals surface area contributed by atoms with E-state index in [0.717, 1.165) is 11.1 Å². The van der Waals surface area contributed by atoms with E-state index >= 15 is 0 Å². The smallest absolute Gasteiger partial charge is 0.338 e. The molecule has 0 amide bonds. The van der Waals surface area contributed by atoms with Crippen LogP contribution in [-0.2, 0) is 9.53 Å². The summed E-state index contributed by atoms with van der Waals surface area (Å²) in [7, 11) is 3.13. The van der Waals surface area contributed by atoms with Gasteiger partial charge in [0.25, 0.3) is 5.56 Å². The summed E-state index contributed by atoms with van der Waals surface area (Å²) in [6.45, 7) is 2.01. The monoisotopic (exact) mass is 570 g/mol. The molecule has 1 aromatic heterocycles. The Labute approximate surface area is 239 Å². The van der Waals surface area contributed by atoms with Gasteiger partial charge in [-0.25, -0.2) is 9.79 Å². The van der Waals surface area contributed by atoms with Gasteiger partial charge in [0.05, 0.1) is 42.7 Å². The number of carbonyl (C=O) groups is 1. The predicted molar refractivity (Wildman–Crippen MR) is 153 cm³/mol. The summed E-state index contributed by atoms with van der Waals surface area (Å²) >= 11 is 1.24. The lowest BCUT2D eigenvalue weighted by Gasteiger charge is -2.26. The van der Waals surface area contributed by atoms with E-state index in [-0.39, 0.29) is 24.5 Å². The maximum atomic E-state index is 14.1. The summed E-state index contributed by atoms with van der Waals surface area (Å²) in [4.78, 5) is 33.0. The van der Waals surface area contributed by atoms with Gasteiger partial charge in [0.1, 0.15) is 0 Å². The molecule has 0 unspecified atom stereocenters. The summed E-state index contributed by atoms with van der Waals surface area (Å²) in [6.07, 6.45) is 1.78. The number of ether oxygens (including phenoxy) is 5. The van der Waals surface area contributed by atoms with Crippen molar-refractivity contribution in [3.8, 4) is 23.0 Å². The van der Waals surface area contributed by atoms with Crippen LogP contribution in [0.25, 0.3) is 11.8 Å². The third-order valence-electron chi connectivity index (χ3n) is 6.79. The molecule has 0 spiro atoms. The molecule has 0 N–H and O–H groups in total. The molecule has 0 saturated carbocycles. The molecule has 1 atom stereocenters. The molecule has 3 aromatic carbocycles. The molecule has 6 rings (SSSR count). The fourth-order valence-corrected chi connectivity index (χ4v) is 5.93. The highest BCUT2D eigenvalue weighted by Gasteiger charge is 2.36. The maximum absolute atomic E-state index is 14.1. The van der Waals surface area contributed by atoms with Gasteiger partial charge in [0, 0.05) is 5.56 Å². The second-order valence-electron chi connectivity index (χ2n) is 9.16. The van der Waals surface area contributed by atoms with Gasteiger partial charge in [-0.3, -0.25) is 9.36 Å². The van der Waals surface area contributed by atoms with E-state index in [1.165, 1.54) is 11.3 Å². The van der Waals surface area contributed by atoms with E-state index < -0.39 is 12.0 Å². The number of hydrogen-bond acceptors (Lipinski definition) is 9. The molecular weight excluding hydrogens is 544 g/mol. The van der Waals surface area contributed by atoms with E-state index in [1.807, 2.05) is 42.5 Å². The second kappa shape index (κ2) is 11.0. The molecule has 208 valence electrons. The molecule has 3 heterocycles. The van der Waals surface area contributed by atoms with Crippen molar-refractivity contribution in [2.24, 2.45) is 4.99 Å².